The lowest BCUT2D eigenvalue weighted by atomic mass is 9.87. The van der Waals surface area contributed by atoms with E-state index in [9.17, 15) is 4.79 Å². The van der Waals surface area contributed by atoms with E-state index in [1.54, 1.807) is 15.5 Å². The maximum atomic E-state index is 13.9. The van der Waals surface area contributed by atoms with Gasteiger partial charge in [-0.3, -0.25) is 9.36 Å². The minimum Gasteiger partial charge on any atom is -0.268 e. The summed E-state index contributed by atoms with van der Waals surface area (Å²) in [6, 6.07) is 25.4. The van der Waals surface area contributed by atoms with Gasteiger partial charge >= 0.3 is 0 Å². The van der Waals surface area contributed by atoms with Crippen molar-refractivity contribution in [2.45, 2.75) is 33.1 Å². The Hall–Kier alpha value is -4.65. The van der Waals surface area contributed by atoms with Crippen LogP contribution >= 0.6 is 0 Å². The molecule has 3 aromatic heterocycles. The quantitative estimate of drug-likeness (QED) is 0.298. The van der Waals surface area contributed by atoms with Gasteiger partial charge in [0.25, 0.3) is 5.56 Å². The molecule has 182 valence electrons. The fourth-order valence-corrected chi connectivity index (χ4v) is 4.56. The van der Waals surface area contributed by atoms with Crippen molar-refractivity contribution < 1.29 is 0 Å². The van der Waals surface area contributed by atoms with Crippen LogP contribution in [-0.4, -0.2) is 30.4 Å². The standard InChI is InChI=1S/C30H26N6O/c1-19-32-27-25(29(37)35(19)22-10-6-5-7-11-22)26-28(34-24-13-9-8-12-23(24)33-26)36(27)31-18-20-14-16-21(17-15-20)30(2,3)4/h5-18H,1-4H3. The lowest BCUT2D eigenvalue weighted by Gasteiger charge is -2.18. The van der Waals surface area contributed by atoms with Crippen LogP contribution in [0.2, 0.25) is 0 Å². The molecule has 0 bridgehead atoms. The van der Waals surface area contributed by atoms with E-state index in [2.05, 4.69) is 32.9 Å². The predicted molar refractivity (Wildman–Crippen MR) is 149 cm³/mol. The first-order chi connectivity index (χ1) is 17.8. The molecule has 0 saturated carbocycles. The molecule has 7 heteroatoms. The topological polar surface area (TPSA) is 78.0 Å². The molecule has 3 aromatic carbocycles. The highest BCUT2D eigenvalue weighted by Crippen LogP contribution is 2.26. The predicted octanol–water partition coefficient (Wildman–Crippen LogP) is 5.77. The largest absolute Gasteiger partial charge is 0.269 e. The Balaban J connectivity index is 1.62. The lowest BCUT2D eigenvalue weighted by Crippen LogP contribution is -2.22. The average molecular weight is 487 g/mol. The fourth-order valence-electron chi connectivity index (χ4n) is 4.56. The maximum Gasteiger partial charge on any atom is 0.269 e. The van der Waals surface area contributed by atoms with Crippen LogP contribution < -0.4 is 5.56 Å². The van der Waals surface area contributed by atoms with Crippen molar-refractivity contribution in [3.05, 3.63) is 106 Å². The van der Waals surface area contributed by atoms with Crippen molar-refractivity contribution in [3.8, 4) is 5.69 Å². The number of para-hydroxylation sites is 3. The summed E-state index contributed by atoms with van der Waals surface area (Å²) in [6.45, 7) is 8.39. The Bertz CT molecular complexity index is 1870. The zero-order valence-corrected chi connectivity index (χ0v) is 21.2. The summed E-state index contributed by atoms with van der Waals surface area (Å²) >= 11 is 0. The van der Waals surface area contributed by atoms with Gasteiger partial charge in [-0.15, -0.1) is 0 Å². The van der Waals surface area contributed by atoms with Crippen LogP contribution in [0.1, 0.15) is 37.7 Å². The van der Waals surface area contributed by atoms with Crippen molar-refractivity contribution >= 4 is 39.4 Å². The number of hydrogen-bond donors (Lipinski definition) is 0. The third kappa shape index (κ3) is 3.89. The minimum absolute atomic E-state index is 0.0687. The molecule has 0 amide bonds. The van der Waals surface area contributed by atoms with Gasteiger partial charge in [0.1, 0.15) is 16.7 Å². The number of aryl methyl sites for hydroxylation is 1. The first-order valence-electron chi connectivity index (χ1n) is 12.2. The molecule has 3 heterocycles. The smallest absolute Gasteiger partial charge is 0.268 e. The van der Waals surface area contributed by atoms with Gasteiger partial charge in [0.15, 0.2) is 11.3 Å². The molecule has 7 nitrogen and oxygen atoms in total. The Kier molecular flexibility index (Phi) is 5.22. The van der Waals surface area contributed by atoms with E-state index in [1.807, 2.05) is 73.7 Å². The molecular weight excluding hydrogens is 460 g/mol. The van der Waals surface area contributed by atoms with E-state index in [1.165, 1.54) is 5.56 Å². The van der Waals surface area contributed by atoms with Gasteiger partial charge < -0.3 is 0 Å². The molecule has 0 N–H and O–H groups in total. The Morgan fingerprint density at radius 3 is 2.11 bits per heavy atom. The van der Waals surface area contributed by atoms with Gasteiger partial charge in [-0.05, 0) is 47.7 Å². The van der Waals surface area contributed by atoms with E-state index < -0.39 is 0 Å². The molecule has 0 aliphatic rings. The van der Waals surface area contributed by atoms with Gasteiger partial charge in [-0.2, -0.15) is 9.78 Å². The molecule has 0 radical (unpaired) electrons. The van der Waals surface area contributed by atoms with E-state index in [4.69, 9.17) is 20.1 Å². The monoisotopic (exact) mass is 486 g/mol. The van der Waals surface area contributed by atoms with E-state index in [0.29, 0.717) is 33.5 Å². The second kappa shape index (κ2) is 8.48. The summed E-state index contributed by atoms with van der Waals surface area (Å²) in [5.41, 5.74) is 5.64. The van der Waals surface area contributed by atoms with Crippen LogP contribution in [0.25, 0.3) is 38.9 Å². The molecule has 0 atom stereocenters. The Morgan fingerprint density at radius 2 is 1.43 bits per heavy atom. The summed E-state index contributed by atoms with van der Waals surface area (Å²) in [6.07, 6.45) is 1.77. The summed E-state index contributed by atoms with van der Waals surface area (Å²) in [5.74, 6) is 0.557. The van der Waals surface area contributed by atoms with Gasteiger partial charge in [0.2, 0.25) is 0 Å². The number of nitrogens with zero attached hydrogens (tertiary/aromatic N) is 6. The first-order valence-corrected chi connectivity index (χ1v) is 12.2. The number of hydrogen-bond acceptors (Lipinski definition) is 5. The van der Waals surface area contributed by atoms with E-state index >= 15 is 0 Å². The van der Waals surface area contributed by atoms with Crippen LogP contribution in [0.3, 0.4) is 0 Å². The number of benzene rings is 3. The molecule has 6 rings (SSSR count). The van der Waals surface area contributed by atoms with Gasteiger partial charge in [0.05, 0.1) is 22.9 Å². The van der Waals surface area contributed by atoms with Gasteiger partial charge in [-0.25, -0.2) is 15.0 Å². The van der Waals surface area contributed by atoms with Crippen molar-refractivity contribution in [2.24, 2.45) is 5.10 Å². The molecular formula is C30H26N6O. The summed E-state index contributed by atoms with van der Waals surface area (Å²) < 4.78 is 3.24. The first kappa shape index (κ1) is 22.8. The molecule has 0 unspecified atom stereocenters. The molecule has 0 saturated heterocycles. The number of aromatic nitrogens is 5. The molecule has 0 aliphatic heterocycles. The van der Waals surface area contributed by atoms with E-state index in [-0.39, 0.29) is 11.0 Å². The zero-order chi connectivity index (χ0) is 25.7. The Labute approximate surface area is 213 Å². The molecule has 0 fully saturated rings. The van der Waals surface area contributed by atoms with Crippen molar-refractivity contribution in [1.29, 1.82) is 0 Å². The third-order valence-corrected chi connectivity index (χ3v) is 6.54. The van der Waals surface area contributed by atoms with Crippen LogP contribution in [0, 0.1) is 6.92 Å². The molecule has 6 aromatic rings. The summed E-state index contributed by atoms with van der Waals surface area (Å²) in [4.78, 5) is 28.4. The summed E-state index contributed by atoms with van der Waals surface area (Å²) in [7, 11) is 0. The third-order valence-electron chi connectivity index (χ3n) is 6.54. The van der Waals surface area contributed by atoms with Crippen molar-refractivity contribution in [1.82, 2.24) is 24.2 Å². The van der Waals surface area contributed by atoms with Crippen LogP contribution in [0.4, 0.5) is 0 Å². The SMILES string of the molecule is Cc1nc2c(c(=O)n1-c1ccccc1)c1nc3ccccc3nc1n2N=Cc1ccc(C(C)(C)C)cc1. The van der Waals surface area contributed by atoms with Gasteiger partial charge in [-0.1, -0.05) is 75.4 Å². The van der Waals surface area contributed by atoms with Crippen LogP contribution in [0.15, 0.2) is 88.8 Å². The molecule has 0 spiro atoms. The van der Waals surface area contributed by atoms with Crippen molar-refractivity contribution in [3.63, 3.8) is 0 Å². The van der Waals surface area contributed by atoms with Crippen molar-refractivity contribution in [2.75, 3.05) is 0 Å². The highest BCUT2D eigenvalue weighted by Gasteiger charge is 2.21. The number of rotatable bonds is 3. The lowest BCUT2D eigenvalue weighted by molar-refractivity contribution is 0.590. The number of fused-ring (bicyclic) bond motifs is 4. The fraction of sp³-hybridized carbons (Fsp3) is 0.167. The highest BCUT2D eigenvalue weighted by atomic mass is 16.1. The van der Waals surface area contributed by atoms with Crippen LogP contribution in [-0.2, 0) is 5.41 Å². The maximum absolute atomic E-state index is 13.9. The zero-order valence-electron chi connectivity index (χ0n) is 21.2. The second-order valence-corrected chi connectivity index (χ2v) is 10.1. The Morgan fingerprint density at radius 1 is 0.784 bits per heavy atom. The van der Waals surface area contributed by atoms with Gasteiger partial charge in [0, 0.05) is 0 Å². The summed E-state index contributed by atoms with van der Waals surface area (Å²) in [5, 5.41) is 5.15. The average Bonchev–Trinajstić information content (AvgIpc) is 3.18. The highest BCUT2D eigenvalue weighted by molar-refractivity contribution is 6.05. The minimum atomic E-state index is -0.202. The molecule has 37 heavy (non-hydrogen) atoms. The molecule has 0 aliphatic carbocycles. The second-order valence-electron chi connectivity index (χ2n) is 10.1. The normalized spacial score (nSPS) is 12.3. The van der Waals surface area contributed by atoms with E-state index in [0.717, 1.165) is 16.8 Å². The van der Waals surface area contributed by atoms with Crippen LogP contribution in [0.5, 0.6) is 0 Å².